The molecule has 0 bridgehead atoms. The lowest BCUT2D eigenvalue weighted by Crippen LogP contribution is -2.41. The van der Waals surface area contributed by atoms with Crippen LogP contribution < -0.4 is 10.4 Å². The maximum atomic E-state index is 6.20. The quantitative estimate of drug-likeness (QED) is 0.608. The van der Waals surface area contributed by atoms with Gasteiger partial charge in [0.05, 0.1) is 11.2 Å². The Morgan fingerprint density at radius 3 is 2.11 bits per heavy atom. The van der Waals surface area contributed by atoms with Crippen molar-refractivity contribution in [2.45, 2.75) is 38.9 Å². The fraction of sp³-hybridized carbons (Fsp3) is 0.667. The number of hydrogen-bond donors (Lipinski definition) is 0. The van der Waals surface area contributed by atoms with Crippen molar-refractivity contribution in [2.24, 2.45) is 0 Å². The van der Waals surface area contributed by atoms with E-state index in [0.29, 0.717) is 16.6 Å². The molecule has 1 fully saturated rings. The highest BCUT2D eigenvalue weighted by Crippen LogP contribution is 2.36. The number of aromatic nitrogens is 2. The molecule has 1 saturated heterocycles. The third-order valence-electron chi connectivity index (χ3n) is 3.66. The van der Waals surface area contributed by atoms with Crippen molar-refractivity contribution >= 4 is 30.1 Å². The molecule has 0 amide bonds. The largest absolute Gasteiger partial charge is 0.499 e. The summed E-state index contributed by atoms with van der Waals surface area (Å²) in [5, 5.41) is 0.359. The predicted octanol–water partition coefficient (Wildman–Crippen LogP) is 1.50. The van der Waals surface area contributed by atoms with Crippen LogP contribution >= 0.6 is 11.6 Å². The third kappa shape index (κ3) is 2.57. The lowest BCUT2D eigenvalue weighted by molar-refractivity contribution is 0.00578. The summed E-state index contributed by atoms with van der Waals surface area (Å²) in [5.74, 6) is 0.560. The molecule has 0 saturated carbocycles. The van der Waals surface area contributed by atoms with Gasteiger partial charge < -0.3 is 14.2 Å². The minimum absolute atomic E-state index is 0.359. The first-order valence-corrected chi connectivity index (χ1v) is 6.57. The van der Waals surface area contributed by atoms with Crippen LogP contribution in [-0.2, 0) is 9.31 Å². The molecule has 104 valence electrons. The number of halogens is 1. The second kappa shape index (κ2) is 4.61. The Morgan fingerprint density at radius 1 is 1.16 bits per heavy atom. The molecule has 19 heavy (non-hydrogen) atoms. The molecule has 0 aliphatic carbocycles. The van der Waals surface area contributed by atoms with Crippen molar-refractivity contribution in [1.82, 2.24) is 9.97 Å². The van der Waals surface area contributed by atoms with Gasteiger partial charge in [-0.1, -0.05) is 11.6 Å². The summed E-state index contributed by atoms with van der Waals surface area (Å²) in [5.41, 5.74) is -0.145. The normalized spacial score (nSPS) is 20.7. The van der Waals surface area contributed by atoms with Crippen molar-refractivity contribution < 1.29 is 9.31 Å². The van der Waals surface area contributed by atoms with Gasteiger partial charge in [0, 0.05) is 25.8 Å². The topological polar surface area (TPSA) is 47.5 Å². The van der Waals surface area contributed by atoms with Crippen LogP contribution in [0.25, 0.3) is 0 Å². The van der Waals surface area contributed by atoms with Gasteiger partial charge in [0.25, 0.3) is 0 Å². The zero-order valence-corrected chi connectivity index (χ0v) is 12.9. The standard InChI is InChI=1S/C12H19BClN3O2/c1-11(2)12(3,4)19-13(18-11)8-7-15-10(17(5)6)16-9(8)14/h7H,1-6H3. The van der Waals surface area contributed by atoms with E-state index in [9.17, 15) is 0 Å². The summed E-state index contributed by atoms with van der Waals surface area (Å²) in [6, 6.07) is 0. The number of rotatable bonds is 2. The van der Waals surface area contributed by atoms with Gasteiger partial charge in [-0.05, 0) is 27.7 Å². The van der Waals surface area contributed by atoms with E-state index in [1.807, 2.05) is 41.8 Å². The number of hydrogen-bond acceptors (Lipinski definition) is 5. The van der Waals surface area contributed by atoms with Crippen LogP contribution in [0.15, 0.2) is 6.20 Å². The molecule has 1 aromatic rings. The summed E-state index contributed by atoms with van der Waals surface area (Å²) in [6.45, 7) is 7.98. The fourth-order valence-corrected chi connectivity index (χ4v) is 1.92. The molecular formula is C12H19BClN3O2. The van der Waals surface area contributed by atoms with Crippen molar-refractivity contribution in [3.8, 4) is 0 Å². The van der Waals surface area contributed by atoms with Crippen molar-refractivity contribution in [1.29, 1.82) is 0 Å². The molecule has 0 atom stereocenters. The maximum Gasteiger partial charge on any atom is 0.499 e. The van der Waals surface area contributed by atoms with E-state index in [1.54, 1.807) is 11.1 Å². The fourth-order valence-electron chi connectivity index (χ4n) is 1.71. The third-order valence-corrected chi connectivity index (χ3v) is 3.97. The molecule has 0 spiro atoms. The van der Waals surface area contributed by atoms with E-state index in [1.165, 1.54) is 0 Å². The number of anilines is 1. The maximum absolute atomic E-state index is 6.20. The van der Waals surface area contributed by atoms with Gasteiger partial charge in [0.2, 0.25) is 5.95 Å². The Labute approximate surface area is 119 Å². The van der Waals surface area contributed by atoms with E-state index in [-0.39, 0.29) is 0 Å². The lowest BCUT2D eigenvalue weighted by Gasteiger charge is -2.32. The van der Waals surface area contributed by atoms with E-state index in [0.717, 1.165) is 0 Å². The molecular weight excluding hydrogens is 264 g/mol. The second-order valence-corrected chi connectivity index (χ2v) is 6.26. The summed E-state index contributed by atoms with van der Waals surface area (Å²) < 4.78 is 11.9. The first-order chi connectivity index (χ1) is 8.64. The van der Waals surface area contributed by atoms with E-state index in [4.69, 9.17) is 20.9 Å². The van der Waals surface area contributed by atoms with Crippen LogP contribution in [-0.4, -0.2) is 42.4 Å². The van der Waals surface area contributed by atoms with Crippen molar-refractivity contribution in [3.63, 3.8) is 0 Å². The van der Waals surface area contributed by atoms with Crippen LogP contribution in [0, 0.1) is 0 Å². The molecule has 1 aromatic heterocycles. The highest BCUT2D eigenvalue weighted by Gasteiger charge is 2.52. The Morgan fingerprint density at radius 2 is 1.68 bits per heavy atom. The van der Waals surface area contributed by atoms with Crippen LogP contribution in [0.1, 0.15) is 27.7 Å². The zero-order valence-electron chi connectivity index (χ0n) is 12.2. The molecule has 0 unspecified atom stereocenters. The molecule has 2 heterocycles. The van der Waals surface area contributed by atoms with Gasteiger partial charge in [-0.15, -0.1) is 0 Å². The van der Waals surface area contributed by atoms with Gasteiger partial charge in [-0.25, -0.2) is 9.97 Å². The summed E-state index contributed by atoms with van der Waals surface area (Å²) in [6.07, 6.45) is 1.66. The van der Waals surface area contributed by atoms with Gasteiger partial charge in [-0.2, -0.15) is 0 Å². The van der Waals surface area contributed by atoms with Crippen molar-refractivity contribution in [2.75, 3.05) is 19.0 Å². The van der Waals surface area contributed by atoms with Crippen LogP contribution in [0.5, 0.6) is 0 Å². The molecule has 5 nitrogen and oxygen atoms in total. The molecule has 0 radical (unpaired) electrons. The zero-order chi connectivity index (χ0) is 14.4. The summed E-state index contributed by atoms with van der Waals surface area (Å²) in [4.78, 5) is 10.3. The first-order valence-electron chi connectivity index (χ1n) is 6.19. The Kier molecular flexibility index (Phi) is 3.54. The average Bonchev–Trinajstić information content (AvgIpc) is 2.47. The van der Waals surface area contributed by atoms with Gasteiger partial charge in [-0.3, -0.25) is 0 Å². The minimum Gasteiger partial charge on any atom is -0.399 e. The first kappa shape index (κ1) is 14.6. The highest BCUT2D eigenvalue weighted by molar-refractivity contribution is 6.65. The Bertz CT molecular complexity index is 478. The summed E-state index contributed by atoms with van der Waals surface area (Å²) >= 11 is 6.20. The smallest absolute Gasteiger partial charge is 0.399 e. The monoisotopic (exact) mass is 283 g/mol. The lowest BCUT2D eigenvalue weighted by atomic mass is 9.81. The predicted molar refractivity (Wildman–Crippen MR) is 77.1 cm³/mol. The van der Waals surface area contributed by atoms with Crippen LogP contribution in [0.4, 0.5) is 5.95 Å². The summed E-state index contributed by atoms with van der Waals surface area (Å²) in [7, 11) is 3.19. The van der Waals surface area contributed by atoms with Gasteiger partial charge in [0.15, 0.2) is 0 Å². The average molecular weight is 284 g/mol. The second-order valence-electron chi connectivity index (χ2n) is 5.90. The molecule has 0 aromatic carbocycles. The number of nitrogens with zero attached hydrogens (tertiary/aromatic N) is 3. The molecule has 7 heteroatoms. The SMILES string of the molecule is CN(C)c1ncc(B2OC(C)(C)C(C)(C)O2)c(Cl)n1. The van der Waals surface area contributed by atoms with Crippen molar-refractivity contribution in [3.05, 3.63) is 11.3 Å². The molecule has 1 aliphatic rings. The van der Waals surface area contributed by atoms with Gasteiger partial charge in [0.1, 0.15) is 5.15 Å². The van der Waals surface area contributed by atoms with E-state index in [2.05, 4.69) is 9.97 Å². The Hall–Kier alpha value is -0.845. The van der Waals surface area contributed by atoms with E-state index >= 15 is 0 Å². The highest BCUT2D eigenvalue weighted by atomic mass is 35.5. The molecule has 0 N–H and O–H groups in total. The molecule has 2 rings (SSSR count). The van der Waals surface area contributed by atoms with Crippen LogP contribution in [0.2, 0.25) is 5.15 Å². The van der Waals surface area contributed by atoms with Gasteiger partial charge >= 0.3 is 7.12 Å². The van der Waals surface area contributed by atoms with E-state index < -0.39 is 18.3 Å². The molecule has 1 aliphatic heterocycles. The minimum atomic E-state index is -0.534. The Balaban J connectivity index is 2.30. The van der Waals surface area contributed by atoms with Crippen LogP contribution in [0.3, 0.4) is 0 Å².